The second-order valence-electron chi connectivity index (χ2n) is 6.06. The molecule has 0 aliphatic heterocycles. The summed E-state index contributed by atoms with van der Waals surface area (Å²) >= 11 is 6.41. The van der Waals surface area contributed by atoms with Crippen LogP contribution in [-0.2, 0) is 0 Å². The van der Waals surface area contributed by atoms with Gasteiger partial charge in [-0.3, -0.25) is 0 Å². The number of benzene rings is 1. The Morgan fingerprint density at radius 2 is 2.05 bits per heavy atom. The Hall–Kier alpha value is -0.950. The van der Waals surface area contributed by atoms with Gasteiger partial charge in [0.25, 0.3) is 0 Å². The van der Waals surface area contributed by atoms with E-state index >= 15 is 0 Å². The van der Waals surface area contributed by atoms with E-state index in [0.717, 1.165) is 17.2 Å². The summed E-state index contributed by atoms with van der Waals surface area (Å²) in [6.07, 6.45) is 12.2. The van der Waals surface area contributed by atoms with Crippen LogP contribution in [0, 0.1) is 5.92 Å². The van der Waals surface area contributed by atoms with Gasteiger partial charge in [-0.15, -0.1) is 0 Å². The first-order chi connectivity index (χ1) is 9.78. The zero-order valence-electron chi connectivity index (χ0n) is 12.1. The Balaban J connectivity index is 1.70. The van der Waals surface area contributed by atoms with Gasteiger partial charge in [-0.05, 0) is 55.7 Å². The van der Waals surface area contributed by atoms with Crippen molar-refractivity contribution < 1.29 is 4.74 Å². The second kappa shape index (κ2) is 6.22. The largest absolute Gasteiger partial charge is 0.490 e. The Bertz CT molecular complexity index is 494. The van der Waals surface area contributed by atoms with Gasteiger partial charge >= 0.3 is 0 Å². The number of hydrogen-bond acceptors (Lipinski definition) is 1. The van der Waals surface area contributed by atoms with E-state index in [1.807, 2.05) is 6.07 Å². The smallest absolute Gasteiger partial charge is 0.121 e. The molecule has 3 unspecified atom stereocenters. The number of ether oxygens (including phenoxy) is 1. The van der Waals surface area contributed by atoms with Gasteiger partial charge in [-0.1, -0.05) is 43.2 Å². The van der Waals surface area contributed by atoms with Crippen LogP contribution in [0.25, 0.3) is 0 Å². The third-order valence-electron chi connectivity index (χ3n) is 4.78. The molecule has 0 spiro atoms. The molecular formula is C18H23ClO. The van der Waals surface area contributed by atoms with Crippen LogP contribution >= 0.6 is 11.6 Å². The Morgan fingerprint density at radius 3 is 2.70 bits per heavy atom. The van der Waals surface area contributed by atoms with Crippen LogP contribution < -0.4 is 4.74 Å². The molecule has 0 radical (unpaired) electrons. The van der Waals surface area contributed by atoms with E-state index in [2.05, 4.69) is 31.2 Å². The number of hydrogen-bond donors (Lipinski definition) is 0. The maximum absolute atomic E-state index is 6.41. The van der Waals surface area contributed by atoms with Crippen molar-refractivity contribution in [2.75, 3.05) is 0 Å². The lowest BCUT2D eigenvalue weighted by Gasteiger charge is -2.31. The average molecular weight is 291 g/mol. The predicted molar refractivity (Wildman–Crippen MR) is 84.6 cm³/mol. The Morgan fingerprint density at radius 1 is 1.25 bits per heavy atom. The molecule has 0 bridgehead atoms. The highest BCUT2D eigenvalue weighted by Gasteiger charge is 2.25. The van der Waals surface area contributed by atoms with Crippen LogP contribution in [0.2, 0.25) is 5.02 Å². The van der Waals surface area contributed by atoms with Gasteiger partial charge in [-0.2, -0.15) is 0 Å². The fraction of sp³-hybridized carbons (Fsp3) is 0.556. The number of rotatable bonds is 4. The van der Waals surface area contributed by atoms with Crippen molar-refractivity contribution in [1.82, 2.24) is 0 Å². The molecule has 2 aliphatic rings. The molecule has 1 saturated carbocycles. The summed E-state index contributed by atoms with van der Waals surface area (Å²) < 4.78 is 6.22. The highest BCUT2D eigenvalue weighted by Crippen LogP contribution is 2.37. The van der Waals surface area contributed by atoms with Crippen LogP contribution in [0.4, 0.5) is 0 Å². The first-order valence-electron chi connectivity index (χ1n) is 7.90. The van der Waals surface area contributed by atoms with Crippen molar-refractivity contribution in [2.24, 2.45) is 5.92 Å². The monoisotopic (exact) mass is 290 g/mol. The van der Waals surface area contributed by atoms with Crippen molar-refractivity contribution in [3.05, 3.63) is 40.9 Å². The molecule has 2 heteroatoms. The molecule has 1 fully saturated rings. The van der Waals surface area contributed by atoms with Gasteiger partial charge in [0.1, 0.15) is 11.9 Å². The molecule has 2 aliphatic carbocycles. The van der Waals surface area contributed by atoms with Gasteiger partial charge in [-0.25, -0.2) is 0 Å². The van der Waals surface area contributed by atoms with Gasteiger partial charge in [0, 0.05) is 10.9 Å². The first-order valence-corrected chi connectivity index (χ1v) is 8.28. The lowest BCUT2D eigenvalue weighted by Crippen LogP contribution is -2.29. The van der Waals surface area contributed by atoms with E-state index in [-0.39, 0.29) is 0 Å². The van der Waals surface area contributed by atoms with Crippen molar-refractivity contribution in [1.29, 1.82) is 0 Å². The standard InChI is InChI=1S/C18H23ClO/c1-2-13-6-3-4-9-18(13)20-15-10-11-16(17(19)12-15)14-7-5-8-14/h5,7,10-14,18H,2-4,6,8-9H2,1H3. The van der Waals surface area contributed by atoms with Gasteiger partial charge in [0.2, 0.25) is 0 Å². The molecule has 20 heavy (non-hydrogen) atoms. The maximum atomic E-state index is 6.41. The molecule has 3 atom stereocenters. The lowest BCUT2D eigenvalue weighted by molar-refractivity contribution is 0.0904. The summed E-state index contributed by atoms with van der Waals surface area (Å²) in [5, 5.41) is 0.848. The molecule has 1 nitrogen and oxygen atoms in total. The summed E-state index contributed by atoms with van der Waals surface area (Å²) in [4.78, 5) is 0. The van der Waals surface area contributed by atoms with Crippen LogP contribution in [-0.4, -0.2) is 6.10 Å². The fourth-order valence-corrected chi connectivity index (χ4v) is 3.67. The quantitative estimate of drug-likeness (QED) is 0.643. The number of allylic oxidation sites excluding steroid dienone is 2. The van der Waals surface area contributed by atoms with Crippen molar-refractivity contribution in [3.8, 4) is 5.75 Å². The molecule has 3 rings (SSSR count). The molecule has 1 aromatic rings. The summed E-state index contributed by atoms with van der Waals surface area (Å²) in [6.45, 7) is 2.27. The minimum Gasteiger partial charge on any atom is -0.490 e. The lowest BCUT2D eigenvalue weighted by atomic mass is 9.84. The van der Waals surface area contributed by atoms with E-state index in [1.165, 1.54) is 37.7 Å². The van der Waals surface area contributed by atoms with E-state index in [9.17, 15) is 0 Å². The van der Waals surface area contributed by atoms with Gasteiger partial charge in [0.05, 0.1) is 0 Å². The molecule has 0 N–H and O–H groups in total. The van der Waals surface area contributed by atoms with Crippen LogP contribution in [0.5, 0.6) is 5.75 Å². The van der Waals surface area contributed by atoms with E-state index in [1.54, 1.807) is 0 Å². The average Bonchev–Trinajstić information content (AvgIpc) is 2.40. The van der Waals surface area contributed by atoms with E-state index in [0.29, 0.717) is 17.9 Å². The molecule has 0 heterocycles. The summed E-state index contributed by atoms with van der Waals surface area (Å²) in [7, 11) is 0. The molecule has 0 saturated heterocycles. The summed E-state index contributed by atoms with van der Waals surface area (Å²) in [6, 6.07) is 6.23. The molecule has 0 amide bonds. The summed E-state index contributed by atoms with van der Waals surface area (Å²) in [5.74, 6) is 2.15. The zero-order chi connectivity index (χ0) is 13.9. The highest BCUT2D eigenvalue weighted by atomic mass is 35.5. The molecule has 0 aromatic heterocycles. The number of halogens is 1. The van der Waals surface area contributed by atoms with E-state index in [4.69, 9.17) is 16.3 Å². The molecule has 1 aromatic carbocycles. The zero-order valence-corrected chi connectivity index (χ0v) is 12.9. The van der Waals surface area contributed by atoms with Crippen molar-refractivity contribution in [3.63, 3.8) is 0 Å². The molecule has 108 valence electrons. The third-order valence-corrected chi connectivity index (χ3v) is 5.11. The first kappa shape index (κ1) is 14.0. The van der Waals surface area contributed by atoms with Crippen LogP contribution in [0.15, 0.2) is 30.4 Å². The minimum absolute atomic E-state index is 0.374. The maximum Gasteiger partial charge on any atom is 0.121 e. The van der Waals surface area contributed by atoms with Gasteiger partial charge in [0.15, 0.2) is 0 Å². The van der Waals surface area contributed by atoms with Gasteiger partial charge < -0.3 is 4.74 Å². The van der Waals surface area contributed by atoms with E-state index < -0.39 is 0 Å². The summed E-state index contributed by atoms with van der Waals surface area (Å²) in [5.41, 5.74) is 1.23. The second-order valence-corrected chi connectivity index (χ2v) is 6.47. The SMILES string of the molecule is CCC1CCCCC1Oc1ccc(C2C=CC2)c(Cl)c1. The fourth-order valence-electron chi connectivity index (χ4n) is 3.36. The topological polar surface area (TPSA) is 9.23 Å². The predicted octanol–water partition coefficient (Wildman–Crippen LogP) is 5.73. The van der Waals surface area contributed by atoms with Crippen LogP contribution in [0.1, 0.15) is 56.9 Å². The van der Waals surface area contributed by atoms with Crippen molar-refractivity contribution >= 4 is 11.6 Å². The third kappa shape index (κ3) is 2.88. The Kier molecular flexibility index (Phi) is 4.35. The highest BCUT2D eigenvalue weighted by molar-refractivity contribution is 6.31. The van der Waals surface area contributed by atoms with Crippen molar-refractivity contribution in [2.45, 2.75) is 57.5 Å². The Labute approximate surface area is 127 Å². The normalized spacial score (nSPS) is 29.0. The molecular weight excluding hydrogens is 268 g/mol. The van der Waals surface area contributed by atoms with Crippen LogP contribution in [0.3, 0.4) is 0 Å². The minimum atomic E-state index is 0.374.